The van der Waals surface area contributed by atoms with E-state index in [0.717, 1.165) is 0 Å². The van der Waals surface area contributed by atoms with Crippen LogP contribution in [0.2, 0.25) is 0 Å². The summed E-state index contributed by atoms with van der Waals surface area (Å²) in [5.74, 6) is 0.598. The number of hydrogen-bond donors (Lipinski definition) is 1. The largest absolute Gasteiger partial charge is 0.493 e. The van der Waals surface area contributed by atoms with Gasteiger partial charge in [0.1, 0.15) is 11.4 Å². The van der Waals surface area contributed by atoms with E-state index < -0.39 is 11.7 Å². The molecule has 0 fully saturated rings. The van der Waals surface area contributed by atoms with E-state index in [1.807, 2.05) is 27.7 Å². The molecule has 0 bridgehead atoms. The minimum absolute atomic E-state index is 0.498. The van der Waals surface area contributed by atoms with Gasteiger partial charge in [-0.15, -0.1) is 0 Å². The average molecular weight is 236 g/mol. The number of benzene rings is 1. The summed E-state index contributed by atoms with van der Waals surface area (Å²) in [5.41, 5.74) is 0.0203. The highest BCUT2D eigenvalue weighted by atomic mass is 16.6. The first-order valence-corrected chi connectivity index (χ1v) is 5.56. The first kappa shape index (κ1) is 13.4. The maximum Gasteiger partial charge on any atom is 0.412 e. The normalized spacial score (nSPS) is 10.8. The number of carbonyl (C=O) groups excluding carboxylic acids is 1. The van der Waals surface area contributed by atoms with Crippen LogP contribution in [-0.4, -0.2) is 18.3 Å². The Hall–Kier alpha value is -1.71. The van der Waals surface area contributed by atoms with E-state index in [1.54, 1.807) is 18.2 Å². The van der Waals surface area contributed by atoms with Gasteiger partial charge in [0.2, 0.25) is 0 Å². The van der Waals surface area contributed by atoms with E-state index in [1.165, 1.54) is 0 Å². The standard InChI is InChI=1S/C13H18NO3/c1-5-16-11-8-6-7-10(9-11)14-12(15)17-13(2,3)4/h6-8H,5H2,1-4H3,(H,14,15). The van der Waals surface area contributed by atoms with Crippen LogP contribution in [-0.2, 0) is 4.74 Å². The molecule has 17 heavy (non-hydrogen) atoms. The van der Waals surface area contributed by atoms with Crippen molar-refractivity contribution in [3.05, 3.63) is 24.3 Å². The molecule has 0 saturated heterocycles. The number of amides is 1. The number of ether oxygens (including phenoxy) is 2. The van der Waals surface area contributed by atoms with Gasteiger partial charge in [-0.2, -0.15) is 0 Å². The molecule has 1 aromatic carbocycles. The lowest BCUT2D eigenvalue weighted by atomic mass is 10.2. The summed E-state index contributed by atoms with van der Waals surface area (Å²) in [5, 5.41) is 2.60. The van der Waals surface area contributed by atoms with Crippen molar-refractivity contribution in [1.82, 2.24) is 0 Å². The molecular formula is C13H18NO3. The highest BCUT2D eigenvalue weighted by Gasteiger charge is 2.16. The van der Waals surface area contributed by atoms with Crippen LogP contribution in [0.1, 0.15) is 27.7 Å². The third-order valence-electron chi connectivity index (χ3n) is 1.70. The molecule has 0 aliphatic carbocycles. The Bertz CT molecular complexity index is 382. The van der Waals surface area contributed by atoms with Crippen LogP contribution in [0.15, 0.2) is 18.2 Å². The van der Waals surface area contributed by atoms with Gasteiger partial charge < -0.3 is 9.47 Å². The van der Waals surface area contributed by atoms with Crippen molar-refractivity contribution in [1.29, 1.82) is 0 Å². The van der Waals surface area contributed by atoms with Crippen LogP contribution in [0, 0.1) is 6.07 Å². The molecule has 4 nitrogen and oxygen atoms in total. The van der Waals surface area contributed by atoms with Gasteiger partial charge in [-0.3, -0.25) is 5.32 Å². The van der Waals surface area contributed by atoms with E-state index in [2.05, 4.69) is 11.4 Å². The molecule has 0 unspecified atom stereocenters. The summed E-state index contributed by atoms with van der Waals surface area (Å²) in [4.78, 5) is 11.5. The Kier molecular flexibility index (Phi) is 4.37. The molecule has 0 saturated carbocycles. The Labute approximate surface area is 102 Å². The lowest BCUT2D eigenvalue weighted by Crippen LogP contribution is -2.27. The third-order valence-corrected chi connectivity index (χ3v) is 1.70. The summed E-state index contributed by atoms with van der Waals surface area (Å²) in [7, 11) is 0. The van der Waals surface area contributed by atoms with Crippen molar-refractivity contribution in [3.63, 3.8) is 0 Å². The van der Waals surface area contributed by atoms with Crippen molar-refractivity contribution in [2.45, 2.75) is 33.3 Å². The molecule has 1 radical (unpaired) electrons. The molecule has 0 atom stereocenters. The minimum Gasteiger partial charge on any atom is -0.493 e. The van der Waals surface area contributed by atoms with Crippen LogP contribution in [0.3, 0.4) is 0 Å². The number of anilines is 1. The minimum atomic E-state index is -0.512. The van der Waals surface area contributed by atoms with Crippen molar-refractivity contribution < 1.29 is 14.3 Å². The topological polar surface area (TPSA) is 47.6 Å². The van der Waals surface area contributed by atoms with E-state index in [4.69, 9.17) is 9.47 Å². The lowest BCUT2D eigenvalue weighted by Gasteiger charge is -2.19. The summed E-state index contributed by atoms with van der Waals surface area (Å²) >= 11 is 0. The molecular weight excluding hydrogens is 218 g/mol. The van der Waals surface area contributed by atoms with E-state index in [9.17, 15) is 4.79 Å². The zero-order chi connectivity index (χ0) is 12.9. The van der Waals surface area contributed by atoms with E-state index in [-0.39, 0.29) is 0 Å². The fraction of sp³-hybridized carbons (Fsp3) is 0.462. The van der Waals surface area contributed by atoms with Crippen molar-refractivity contribution in [2.24, 2.45) is 0 Å². The van der Waals surface area contributed by atoms with Gasteiger partial charge in [-0.25, -0.2) is 4.79 Å². The van der Waals surface area contributed by atoms with E-state index in [0.29, 0.717) is 18.0 Å². The van der Waals surface area contributed by atoms with Gasteiger partial charge in [0.15, 0.2) is 0 Å². The quantitative estimate of drug-likeness (QED) is 0.876. The number of rotatable bonds is 3. The third kappa shape index (κ3) is 5.24. The molecule has 0 aromatic heterocycles. The number of nitrogens with one attached hydrogen (secondary N) is 1. The van der Waals surface area contributed by atoms with Crippen molar-refractivity contribution in [2.75, 3.05) is 11.9 Å². The number of carbonyl (C=O) groups is 1. The second-order valence-corrected chi connectivity index (χ2v) is 4.49. The molecule has 0 aliphatic rings. The predicted octanol–water partition coefficient (Wildman–Crippen LogP) is 3.23. The average Bonchev–Trinajstić information content (AvgIpc) is 2.15. The first-order valence-electron chi connectivity index (χ1n) is 5.56. The molecule has 93 valence electrons. The van der Waals surface area contributed by atoms with Gasteiger partial charge >= 0.3 is 6.09 Å². The van der Waals surface area contributed by atoms with Gasteiger partial charge in [0.05, 0.1) is 18.4 Å². The summed E-state index contributed by atoms with van der Waals surface area (Å²) < 4.78 is 10.4. The van der Waals surface area contributed by atoms with Crippen LogP contribution in [0.4, 0.5) is 10.5 Å². The monoisotopic (exact) mass is 236 g/mol. The van der Waals surface area contributed by atoms with Crippen LogP contribution in [0.25, 0.3) is 0 Å². The Morgan fingerprint density at radius 2 is 2.12 bits per heavy atom. The summed E-state index contributed by atoms with van der Waals surface area (Å²) in [6, 6.07) is 8.22. The van der Waals surface area contributed by atoms with Gasteiger partial charge in [0.25, 0.3) is 0 Å². The van der Waals surface area contributed by atoms with Crippen molar-refractivity contribution >= 4 is 11.8 Å². The zero-order valence-corrected chi connectivity index (χ0v) is 10.7. The number of hydrogen-bond acceptors (Lipinski definition) is 3. The Morgan fingerprint density at radius 3 is 2.71 bits per heavy atom. The second-order valence-electron chi connectivity index (χ2n) is 4.49. The molecule has 1 amide bonds. The maximum atomic E-state index is 11.5. The second kappa shape index (κ2) is 5.57. The summed E-state index contributed by atoms with van der Waals surface area (Å²) in [6.07, 6.45) is -0.498. The molecule has 0 aliphatic heterocycles. The van der Waals surface area contributed by atoms with Crippen LogP contribution in [0.5, 0.6) is 5.75 Å². The van der Waals surface area contributed by atoms with Crippen LogP contribution < -0.4 is 10.1 Å². The predicted molar refractivity (Wildman–Crippen MR) is 66.3 cm³/mol. The Morgan fingerprint density at radius 1 is 1.41 bits per heavy atom. The molecule has 4 heteroatoms. The fourth-order valence-corrected chi connectivity index (χ4v) is 1.17. The van der Waals surface area contributed by atoms with Gasteiger partial charge in [0, 0.05) is 0 Å². The fourth-order valence-electron chi connectivity index (χ4n) is 1.17. The SMILES string of the molecule is CCOc1[c]c(NC(=O)OC(C)(C)C)ccc1. The zero-order valence-electron chi connectivity index (χ0n) is 10.7. The van der Waals surface area contributed by atoms with Crippen LogP contribution >= 0.6 is 0 Å². The summed E-state index contributed by atoms with van der Waals surface area (Å²) in [6.45, 7) is 7.89. The lowest BCUT2D eigenvalue weighted by molar-refractivity contribution is 0.0636. The molecule has 1 rings (SSSR count). The van der Waals surface area contributed by atoms with E-state index >= 15 is 0 Å². The molecule has 0 spiro atoms. The Balaban J connectivity index is 2.62. The van der Waals surface area contributed by atoms with Gasteiger partial charge in [-0.05, 0) is 39.8 Å². The van der Waals surface area contributed by atoms with Gasteiger partial charge in [-0.1, -0.05) is 6.07 Å². The molecule has 1 aromatic rings. The highest BCUT2D eigenvalue weighted by Crippen LogP contribution is 2.17. The smallest absolute Gasteiger partial charge is 0.412 e. The highest BCUT2D eigenvalue weighted by molar-refractivity contribution is 5.84. The molecule has 0 heterocycles. The van der Waals surface area contributed by atoms with Crippen molar-refractivity contribution in [3.8, 4) is 5.75 Å². The maximum absolute atomic E-state index is 11.5. The first-order chi connectivity index (χ1) is 7.90. The molecule has 1 N–H and O–H groups in total.